The van der Waals surface area contributed by atoms with Crippen LogP contribution in [0.5, 0.6) is 0 Å². The van der Waals surface area contributed by atoms with Gasteiger partial charge in [-0.05, 0) is 40.0 Å². The summed E-state index contributed by atoms with van der Waals surface area (Å²) in [5.41, 5.74) is 0. The Kier molecular flexibility index (Phi) is 22.1. The minimum Gasteiger partial charge on any atom is -0.374 e. The molecule has 0 aliphatic carbocycles. The Balaban J connectivity index is 2.65. The van der Waals surface area contributed by atoms with Crippen LogP contribution in [0.1, 0.15) is 118 Å². The molecule has 0 saturated carbocycles. The smallest absolute Gasteiger partial charge is 0.374 e. The second-order valence-corrected chi connectivity index (χ2v) is 13.4. The maximum Gasteiger partial charge on any atom is 0.500 e. The van der Waals surface area contributed by atoms with E-state index >= 15 is 0 Å². The van der Waals surface area contributed by atoms with Gasteiger partial charge in [-0.15, -0.1) is 0 Å². The van der Waals surface area contributed by atoms with Crippen LogP contribution < -0.4 is 10.6 Å². The van der Waals surface area contributed by atoms with Crippen LogP contribution in [0.2, 0.25) is 6.04 Å². The molecule has 0 aliphatic rings. The van der Waals surface area contributed by atoms with Crippen molar-refractivity contribution in [1.29, 1.82) is 0 Å². The lowest BCUT2D eigenvalue weighted by atomic mass is 10.1. The molecule has 1 aromatic heterocycles. The molecule has 222 valence electrons. The summed E-state index contributed by atoms with van der Waals surface area (Å²) < 4.78 is 18.0. The minimum absolute atomic E-state index is 0.597. The first-order valence-electron chi connectivity index (χ1n) is 15.4. The van der Waals surface area contributed by atoms with Crippen molar-refractivity contribution in [2.45, 2.75) is 129 Å². The molecule has 0 amide bonds. The van der Waals surface area contributed by atoms with Gasteiger partial charge in [-0.1, -0.05) is 89.8 Å². The molecule has 0 radical (unpaired) electrons. The molecule has 2 N–H and O–H groups in total. The second kappa shape index (κ2) is 23.9. The molecule has 0 unspecified atom stereocenters. The van der Waals surface area contributed by atoms with Crippen LogP contribution in [0.15, 0.2) is 5.16 Å². The van der Waals surface area contributed by atoms with Crippen LogP contribution in [-0.2, 0) is 13.3 Å². The Hall–Kier alpha value is -0.943. The molecule has 0 atom stereocenters. The van der Waals surface area contributed by atoms with Gasteiger partial charge in [0, 0.05) is 44.7 Å². The highest BCUT2D eigenvalue weighted by Crippen LogP contribution is 2.21. The number of hydrogen-bond acceptors (Lipinski definition) is 9. The molecule has 0 aromatic carbocycles. The van der Waals surface area contributed by atoms with Crippen molar-refractivity contribution in [3.63, 3.8) is 0 Å². The number of rotatable bonds is 27. The third-order valence-electron chi connectivity index (χ3n) is 6.19. The maximum atomic E-state index is 5.98. The predicted molar refractivity (Wildman–Crippen MR) is 164 cm³/mol. The lowest BCUT2D eigenvalue weighted by Gasteiger charge is -2.28. The SMILES string of the molecule is CCCCCCCCNc1nc(NCCC[Si](OCC)(OCC)OCC)nc(SCCCCCCCC)n1. The summed E-state index contributed by atoms with van der Waals surface area (Å²) in [6.45, 7) is 13.9. The van der Waals surface area contributed by atoms with Gasteiger partial charge < -0.3 is 23.9 Å². The molecule has 8 nitrogen and oxygen atoms in total. The molecule has 1 aromatic rings. The zero-order valence-corrected chi connectivity index (χ0v) is 26.9. The van der Waals surface area contributed by atoms with Gasteiger partial charge in [0.1, 0.15) is 0 Å². The van der Waals surface area contributed by atoms with Gasteiger partial charge >= 0.3 is 8.80 Å². The average Bonchev–Trinajstić information content (AvgIpc) is 2.90. The standard InChI is InChI=1S/C28H57N5O3SSi/c1-6-11-13-15-17-19-22-29-26-31-27(33-28(32-26)37-24-20-18-16-14-12-7-2)30-23-21-25-38(34-8-3,35-9-4)36-10-5/h6-25H2,1-5H3,(H2,29,30,31,32,33). The molecule has 0 fully saturated rings. The van der Waals surface area contributed by atoms with Gasteiger partial charge in [-0.3, -0.25) is 0 Å². The minimum atomic E-state index is -2.63. The zero-order valence-electron chi connectivity index (χ0n) is 25.1. The van der Waals surface area contributed by atoms with E-state index in [4.69, 9.17) is 23.2 Å². The van der Waals surface area contributed by atoms with E-state index in [2.05, 4.69) is 29.5 Å². The van der Waals surface area contributed by atoms with Gasteiger partial charge in [0.2, 0.25) is 11.9 Å². The lowest BCUT2D eigenvalue weighted by molar-refractivity contribution is 0.0710. The van der Waals surface area contributed by atoms with Crippen molar-refractivity contribution in [1.82, 2.24) is 15.0 Å². The van der Waals surface area contributed by atoms with E-state index in [1.54, 1.807) is 11.8 Å². The molecule has 38 heavy (non-hydrogen) atoms. The fourth-order valence-electron chi connectivity index (χ4n) is 4.24. The highest BCUT2D eigenvalue weighted by molar-refractivity contribution is 7.99. The lowest BCUT2D eigenvalue weighted by Crippen LogP contribution is -2.46. The van der Waals surface area contributed by atoms with Crippen molar-refractivity contribution in [2.75, 3.05) is 49.3 Å². The Bertz CT molecular complexity index is 637. The van der Waals surface area contributed by atoms with Gasteiger partial charge in [0.05, 0.1) is 0 Å². The van der Waals surface area contributed by atoms with Crippen LogP contribution in [0.3, 0.4) is 0 Å². The van der Waals surface area contributed by atoms with Crippen LogP contribution in [0, 0.1) is 0 Å². The van der Waals surface area contributed by atoms with Crippen molar-refractivity contribution < 1.29 is 13.3 Å². The van der Waals surface area contributed by atoms with Crippen LogP contribution in [0.4, 0.5) is 11.9 Å². The Morgan fingerprint density at radius 1 is 0.579 bits per heavy atom. The average molecular weight is 572 g/mol. The Morgan fingerprint density at radius 3 is 1.58 bits per heavy atom. The first-order valence-corrected chi connectivity index (χ1v) is 18.3. The van der Waals surface area contributed by atoms with Gasteiger partial charge in [0.15, 0.2) is 5.16 Å². The number of nitrogens with zero attached hydrogens (tertiary/aromatic N) is 3. The predicted octanol–water partition coefficient (Wildman–Crippen LogP) is 7.95. The summed E-state index contributed by atoms with van der Waals surface area (Å²) >= 11 is 1.73. The summed E-state index contributed by atoms with van der Waals surface area (Å²) in [4.78, 5) is 14.1. The van der Waals surface area contributed by atoms with Crippen molar-refractivity contribution in [2.24, 2.45) is 0 Å². The van der Waals surface area contributed by atoms with E-state index in [-0.39, 0.29) is 0 Å². The Labute approximate surface area is 239 Å². The quantitative estimate of drug-likeness (QED) is 0.0620. The van der Waals surface area contributed by atoms with Crippen molar-refractivity contribution in [3.8, 4) is 0 Å². The largest absolute Gasteiger partial charge is 0.500 e. The number of anilines is 2. The fourth-order valence-corrected chi connectivity index (χ4v) is 7.68. The molecule has 0 bridgehead atoms. The maximum absolute atomic E-state index is 5.98. The Morgan fingerprint density at radius 2 is 1.05 bits per heavy atom. The van der Waals surface area contributed by atoms with E-state index in [0.717, 1.165) is 42.9 Å². The fraction of sp³-hybridized carbons (Fsp3) is 0.893. The van der Waals surface area contributed by atoms with E-state index in [1.165, 1.54) is 70.6 Å². The molecular formula is C28H57N5O3SSi. The summed E-state index contributed by atoms with van der Waals surface area (Å²) in [5.74, 6) is 2.34. The molecule has 0 spiro atoms. The van der Waals surface area contributed by atoms with Crippen LogP contribution >= 0.6 is 11.8 Å². The van der Waals surface area contributed by atoms with E-state index in [0.29, 0.717) is 31.7 Å². The molecule has 1 rings (SSSR count). The number of unbranched alkanes of at least 4 members (excludes halogenated alkanes) is 10. The van der Waals surface area contributed by atoms with E-state index in [1.807, 2.05) is 20.8 Å². The number of hydrogen-bond donors (Lipinski definition) is 2. The summed E-state index contributed by atoms with van der Waals surface area (Å²) in [6, 6.07) is 0.767. The summed E-state index contributed by atoms with van der Waals surface area (Å²) in [5, 5.41) is 7.65. The van der Waals surface area contributed by atoms with Gasteiger partial charge in [-0.2, -0.15) is 15.0 Å². The normalized spacial score (nSPS) is 11.7. The van der Waals surface area contributed by atoms with Crippen molar-refractivity contribution in [3.05, 3.63) is 0 Å². The van der Waals surface area contributed by atoms with Gasteiger partial charge in [0.25, 0.3) is 0 Å². The molecule has 1 heterocycles. The molecule has 0 aliphatic heterocycles. The molecule has 0 saturated heterocycles. The summed E-state index contributed by atoms with van der Waals surface area (Å²) in [7, 11) is -2.63. The zero-order chi connectivity index (χ0) is 27.7. The highest BCUT2D eigenvalue weighted by Gasteiger charge is 2.39. The second-order valence-electron chi connectivity index (χ2n) is 9.59. The number of thioether (sulfide) groups is 1. The molecular weight excluding hydrogens is 514 g/mol. The number of nitrogens with one attached hydrogen (secondary N) is 2. The monoisotopic (exact) mass is 571 g/mol. The van der Waals surface area contributed by atoms with Crippen molar-refractivity contribution >= 4 is 32.5 Å². The van der Waals surface area contributed by atoms with Crippen LogP contribution in [0.25, 0.3) is 0 Å². The summed E-state index contributed by atoms with van der Waals surface area (Å²) in [6.07, 6.45) is 16.2. The third-order valence-corrected chi connectivity index (χ3v) is 10.3. The topological polar surface area (TPSA) is 90.4 Å². The van der Waals surface area contributed by atoms with Crippen LogP contribution in [-0.4, -0.2) is 62.4 Å². The first-order chi connectivity index (χ1) is 18.6. The number of aromatic nitrogens is 3. The van der Waals surface area contributed by atoms with E-state index in [9.17, 15) is 0 Å². The van der Waals surface area contributed by atoms with Gasteiger partial charge in [-0.25, -0.2) is 0 Å². The first kappa shape index (κ1) is 35.1. The molecule has 10 heteroatoms. The van der Waals surface area contributed by atoms with E-state index < -0.39 is 8.80 Å². The highest BCUT2D eigenvalue weighted by atomic mass is 32.2. The third kappa shape index (κ3) is 16.9.